The van der Waals surface area contributed by atoms with Gasteiger partial charge in [-0.05, 0) is 31.0 Å². The van der Waals surface area contributed by atoms with Gasteiger partial charge in [-0.15, -0.1) is 0 Å². The fraction of sp³-hybridized carbons (Fsp3) is 0.286. The molecule has 0 spiro atoms. The van der Waals surface area contributed by atoms with Gasteiger partial charge in [0.1, 0.15) is 5.75 Å². The lowest BCUT2D eigenvalue weighted by atomic mass is 10.2. The van der Waals surface area contributed by atoms with Gasteiger partial charge in [-0.1, -0.05) is 6.07 Å². The summed E-state index contributed by atoms with van der Waals surface area (Å²) in [4.78, 5) is 15.7. The van der Waals surface area contributed by atoms with Crippen LogP contribution in [0, 0.1) is 0 Å². The Labute approximate surface area is 111 Å². The van der Waals surface area contributed by atoms with E-state index in [0.717, 1.165) is 19.4 Å². The summed E-state index contributed by atoms with van der Waals surface area (Å²) in [5.74, 6) is -0.0497. The number of imidazole rings is 1. The van der Waals surface area contributed by atoms with Crippen molar-refractivity contribution in [2.24, 2.45) is 0 Å². The van der Waals surface area contributed by atoms with Crippen LogP contribution in [-0.4, -0.2) is 27.1 Å². The number of phenols is 1. The van der Waals surface area contributed by atoms with Crippen molar-refractivity contribution in [1.82, 2.24) is 14.9 Å². The maximum Gasteiger partial charge on any atom is 0.251 e. The number of nitrogens with zero attached hydrogens (tertiary/aromatic N) is 2. The van der Waals surface area contributed by atoms with Crippen molar-refractivity contribution in [1.29, 1.82) is 0 Å². The van der Waals surface area contributed by atoms with Crippen molar-refractivity contribution >= 4 is 5.91 Å². The molecule has 2 rings (SSSR count). The second-order valence-electron chi connectivity index (χ2n) is 4.31. The number of hydrogen-bond donors (Lipinski definition) is 2. The highest BCUT2D eigenvalue weighted by molar-refractivity contribution is 5.94. The lowest BCUT2D eigenvalue weighted by Crippen LogP contribution is -2.24. The summed E-state index contributed by atoms with van der Waals surface area (Å²) in [6.45, 7) is 1.53. The molecule has 0 saturated heterocycles. The van der Waals surface area contributed by atoms with E-state index in [1.165, 1.54) is 6.07 Å². The molecule has 5 heteroatoms. The van der Waals surface area contributed by atoms with Gasteiger partial charge in [0.15, 0.2) is 0 Å². The third-order valence-electron chi connectivity index (χ3n) is 2.80. The summed E-state index contributed by atoms with van der Waals surface area (Å²) in [5.41, 5.74) is 0.481. The SMILES string of the molecule is O=C(NCCCCn1ccnc1)c1cccc(O)c1. The normalized spacial score (nSPS) is 10.3. The molecule has 0 aliphatic rings. The van der Waals surface area contributed by atoms with Crippen molar-refractivity contribution in [3.63, 3.8) is 0 Å². The molecule has 100 valence electrons. The Morgan fingerprint density at radius 2 is 2.26 bits per heavy atom. The van der Waals surface area contributed by atoms with E-state index in [1.807, 2.05) is 10.8 Å². The quantitative estimate of drug-likeness (QED) is 0.777. The van der Waals surface area contributed by atoms with E-state index in [1.54, 1.807) is 30.7 Å². The van der Waals surface area contributed by atoms with Crippen LogP contribution in [0.15, 0.2) is 43.0 Å². The van der Waals surface area contributed by atoms with Crippen molar-refractivity contribution in [2.75, 3.05) is 6.54 Å². The number of rotatable bonds is 6. The molecular weight excluding hydrogens is 242 g/mol. The third-order valence-corrected chi connectivity index (χ3v) is 2.80. The average Bonchev–Trinajstić information content (AvgIpc) is 2.91. The Morgan fingerprint density at radius 3 is 3.00 bits per heavy atom. The number of benzene rings is 1. The van der Waals surface area contributed by atoms with Crippen LogP contribution < -0.4 is 5.32 Å². The van der Waals surface area contributed by atoms with E-state index in [4.69, 9.17) is 0 Å². The zero-order valence-electron chi connectivity index (χ0n) is 10.6. The van der Waals surface area contributed by atoms with Crippen molar-refractivity contribution in [2.45, 2.75) is 19.4 Å². The molecule has 1 amide bonds. The first kappa shape index (κ1) is 13.1. The Morgan fingerprint density at radius 1 is 1.37 bits per heavy atom. The summed E-state index contributed by atoms with van der Waals surface area (Å²) in [5, 5.41) is 12.1. The van der Waals surface area contributed by atoms with E-state index >= 15 is 0 Å². The maximum atomic E-state index is 11.8. The molecule has 0 unspecified atom stereocenters. The number of aromatic hydroxyl groups is 1. The van der Waals surface area contributed by atoms with Crippen LogP contribution in [0.25, 0.3) is 0 Å². The molecule has 1 aromatic heterocycles. The first-order valence-electron chi connectivity index (χ1n) is 6.29. The van der Waals surface area contributed by atoms with Gasteiger partial charge in [0.2, 0.25) is 0 Å². The third kappa shape index (κ3) is 4.13. The lowest BCUT2D eigenvalue weighted by molar-refractivity contribution is 0.0952. The predicted octanol–water partition coefficient (Wildman–Crippen LogP) is 1.80. The summed E-state index contributed by atoms with van der Waals surface area (Å²) in [6.07, 6.45) is 7.35. The molecule has 2 N–H and O–H groups in total. The molecule has 0 atom stereocenters. The summed E-state index contributed by atoms with van der Waals surface area (Å²) >= 11 is 0. The van der Waals surface area contributed by atoms with Crippen molar-refractivity contribution in [3.05, 3.63) is 48.5 Å². The van der Waals surface area contributed by atoms with Crippen LogP contribution >= 0.6 is 0 Å². The number of aryl methyl sites for hydroxylation is 1. The molecule has 0 saturated carbocycles. The lowest BCUT2D eigenvalue weighted by Gasteiger charge is -2.06. The van der Waals surface area contributed by atoms with E-state index < -0.39 is 0 Å². The molecule has 2 aromatic rings. The van der Waals surface area contributed by atoms with Crippen LogP contribution in [0.2, 0.25) is 0 Å². The van der Waals surface area contributed by atoms with Crippen LogP contribution in [0.4, 0.5) is 0 Å². The highest BCUT2D eigenvalue weighted by Crippen LogP contribution is 2.10. The minimum absolute atomic E-state index is 0.104. The Balaban J connectivity index is 1.67. The minimum Gasteiger partial charge on any atom is -0.508 e. The van der Waals surface area contributed by atoms with Crippen LogP contribution in [0.3, 0.4) is 0 Å². The highest BCUT2D eigenvalue weighted by Gasteiger charge is 2.04. The van der Waals surface area contributed by atoms with E-state index in [9.17, 15) is 9.90 Å². The van der Waals surface area contributed by atoms with Crippen LogP contribution in [0.5, 0.6) is 5.75 Å². The van der Waals surface area contributed by atoms with Gasteiger partial charge >= 0.3 is 0 Å². The summed E-state index contributed by atoms with van der Waals surface area (Å²) in [6, 6.07) is 6.34. The van der Waals surface area contributed by atoms with Gasteiger partial charge in [-0.3, -0.25) is 4.79 Å². The Bertz CT molecular complexity index is 523. The van der Waals surface area contributed by atoms with Gasteiger partial charge in [-0.2, -0.15) is 0 Å². The summed E-state index contributed by atoms with van der Waals surface area (Å²) < 4.78 is 2.01. The Hall–Kier alpha value is -2.30. The second-order valence-corrected chi connectivity index (χ2v) is 4.31. The van der Waals surface area contributed by atoms with Gasteiger partial charge < -0.3 is 15.0 Å². The second kappa shape index (κ2) is 6.58. The van der Waals surface area contributed by atoms with Gasteiger partial charge in [0.25, 0.3) is 5.91 Å². The molecular formula is C14H17N3O2. The molecule has 19 heavy (non-hydrogen) atoms. The monoisotopic (exact) mass is 259 g/mol. The van der Waals surface area contributed by atoms with Gasteiger partial charge in [0, 0.05) is 31.0 Å². The van der Waals surface area contributed by atoms with Gasteiger partial charge in [0.05, 0.1) is 6.33 Å². The number of aromatic nitrogens is 2. The zero-order valence-corrected chi connectivity index (χ0v) is 10.6. The highest BCUT2D eigenvalue weighted by atomic mass is 16.3. The number of hydrogen-bond acceptors (Lipinski definition) is 3. The molecule has 0 aliphatic heterocycles. The van der Waals surface area contributed by atoms with E-state index in [2.05, 4.69) is 10.3 Å². The number of carbonyl (C=O) groups excluding carboxylic acids is 1. The molecule has 5 nitrogen and oxygen atoms in total. The Kier molecular flexibility index (Phi) is 4.55. The van der Waals surface area contributed by atoms with Crippen LogP contribution in [-0.2, 0) is 6.54 Å². The van der Waals surface area contributed by atoms with E-state index in [-0.39, 0.29) is 11.7 Å². The predicted molar refractivity (Wildman–Crippen MR) is 71.9 cm³/mol. The number of unbranched alkanes of at least 4 members (excludes halogenated alkanes) is 1. The van der Waals surface area contributed by atoms with Crippen molar-refractivity contribution in [3.8, 4) is 5.75 Å². The number of carbonyl (C=O) groups is 1. The topological polar surface area (TPSA) is 67.2 Å². The fourth-order valence-electron chi connectivity index (χ4n) is 1.79. The van der Waals surface area contributed by atoms with Gasteiger partial charge in [-0.25, -0.2) is 4.98 Å². The summed E-state index contributed by atoms with van der Waals surface area (Å²) in [7, 11) is 0. The molecule has 0 radical (unpaired) electrons. The van der Waals surface area contributed by atoms with E-state index in [0.29, 0.717) is 12.1 Å². The number of nitrogens with one attached hydrogen (secondary N) is 1. The van der Waals surface area contributed by atoms with Crippen molar-refractivity contribution < 1.29 is 9.90 Å². The zero-order chi connectivity index (χ0) is 13.5. The fourth-order valence-corrected chi connectivity index (χ4v) is 1.79. The average molecular weight is 259 g/mol. The molecule has 0 aliphatic carbocycles. The van der Waals surface area contributed by atoms with Crippen LogP contribution in [0.1, 0.15) is 23.2 Å². The standard InChI is InChI=1S/C14H17N3O2/c18-13-5-3-4-12(10-13)14(19)16-6-1-2-8-17-9-7-15-11-17/h3-5,7,9-11,18H,1-2,6,8H2,(H,16,19). The molecule has 1 aromatic carbocycles. The maximum absolute atomic E-state index is 11.8. The minimum atomic E-state index is -0.154. The number of phenolic OH excluding ortho intramolecular Hbond substituents is 1. The number of amides is 1. The smallest absolute Gasteiger partial charge is 0.251 e. The largest absolute Gasteiger partial charge is 0.508 e. The molecule has 0 fully saturated rings. The first-order valence-corrected chi connectivity index (χ1v) is 6.29. The first-order chi connectivity index (χ1) is 9.25. The molecule has 0 bridgehead atoms. The molecule has 1 heterocycles.